The van der Waals surface area contributed by atoms with E-state index >= 15 is 0 Å². The fourth-order valence-electron chi connectivity index (χ4n) is 4.37. The van der Waals surface area contributed by atoms with Crippen LogP contribution in [0.25, 0.3) is 10.9 Å². The highest BCUT2D eigenvalue weighted by Gasteiger charge is 2.38. The summed E-state index contributed by atoms with van der Waals surface area (Å²) >= 11 is 0. The summed E-state index contributed by atoms with van der Waals surface area (Å²) in [6.45, 7) is 0.820. The summed E-state index contributed by atoms with van der Waals surface area (Å²) in [6.07, 6.45) is 3.28. The second-order valence-corrected chi connectivity index (χ2v) is 8.77. The van der Waals surface area contributed by atoms with E-state index in [1.807, 2.05) is 32.4 Å². The van der Waals surface area contributed by atoms with Crippen LogP contribution in [-0.2, 0) is 24.2 Å². The van der Waals surface area contributed by atoms with Crippen molar-refractivity contribution >= 4 is 34.5 Å². The molecule has 0 spiro atoms. The molecule has 4 rings (SSSR count). The molecule has 4 N–H and O–H groups in total. The van der Waals surface area contributed by atoms with Crippen molar-refractivity contribution in [2.45, 2.75) is 25.4 Å². The van der Waals surface area contributed by atoms with E-state index in [-0.39, 0.29) is 18.0 Å². The van der Waals surface area contributed by atoms with Crippen LogP contribution in [0.15, 0.2) is 42.6 Å². The molecule has 1 aromatic heterocycles. The molecule has 3 aromatic rings. The minimum Gasteiger partial charge on any atom is -0.478 e. The van der Waals surface area contributed by atoms with Crippen LogP contribution in [0.1, 0.15) is 27.0 Å². The lowest BCUT2D eigenvalue weighted by atomic mass is 10.0. The Labute approximate surface area is 197 Å². The van der Waals surface area contributed by atoms with E-state index in [1.165, 1.54) is 5.56 Å². The minimum absolute atomic E-state index is 0.0530. The van der Waals surface area contributed by atoms with Gasteiger partial charge in [-0.15, -0.1) is 0 Å². The van der Waals surface area contributed by atoms with Gasteiger partial charge >= 0.3 is 12.0 Å². The summed E-state index contributed by atoms with van der Waals surface area (Å²) in [6, 6.07) is 9.76. The summed E-state index contributed by atoms with van der Waals surface area (Å²) in [4.78, 5) is 44.0. The number of fused-ring (bicyclic) bond motifs is 1. The Morgan fingerprint density at radius 1 is 1.18 bits per heavy atom. The Kier molecular flexibility index (Phi) is 6.56. The number of aromatic carboxylic acids is 1. The van der Waals surface area contributed by atoms with Gasteiger partial charge in [-0.2, -0.15) is 0 Å². The number of anilines is 1. The molecule has 1 fully saturated rings. The van der Waals surface area contributed by atoms with Gasteiger partial charge in [-0.3, -0.25) is 9.69 Å². The van der Waals surface area contributed by atoms with Gasteiger partial charge in [0.05, 0.1) is 12.1 Å². The monoisotopic (exact) mass is 463 g/mol. The van der Waals surface area contributed by atoms with E-state index in [1.54, 1.807) is 25.2 Å². The Morgan fingerprint density at radius 2 is 1.97 bits per heavy atom. The standard InChI is InChI=1S/C25H29N5O4/c1-26-20-6-4-5-17(22(20)24(32)33)14-30-23(31)21(28-25(30)34)12-15-7-8-19-18(11-15)16(13-27-19)9-10-29(2)3/h4-8,11,13,21,26-27H,9-10,12,14H2,1-3H3,(H,28,34)(H,32,33). The van der Waals surface area contributed by atoms with Crippen molar-refractivity contribution in [3.63, 3.8) is 0 Å². The van der Waals surface area contributed by atoms with E-state index in [9.17, 15) is 19.5 Å². The number of imide groups is 1. The molecule has 2 aromatic carbocycles. The maximum absolute atomic E-state index is 13.1. The Hall–Kier alpha value is -3.85. The number of nitrogens with one attached hydrogen (secondary N) is 3. The smallest absolute Gasteiger partial charge is 0.338 e. The van der Waals surface area contributed by atoms with Gasteiger partial charge in [0.2, 0.25) is 0 Å². The van der Waals surface area contributed by atoms with Crippen LogP contribution in [-0.4, -0.2) is 71.5 Å². The van der Waals surface area contributed by atoms with Crippen molar-refractivity contribution in [2.24, 2.45) is 0 Å². The van der Waals surface area contributed by atoms with E-state index in [4.69, 9.17) is 0 Å². The number of nitrogens with zero attached hydrogens (tertiary/aromatic N) is 2. The molecule has 2 heterocycles. The quantitative estimate of drug-likeness (QED) is 0.363. The van der Waals surface area contributed by atoms with Crippen LogP contribution in [0.3, 0.4) is 0 Å². The molecule has 178 valence electrons. The van der Waals surface area contributed by atoms with Crippen molar-refractivity contribution in [1.82, 2.24) is 20.1 Å². The van der Waals surface area contributed by atoms with Crippen molar-refractivity contribution in [2.75, 3.05) is 33.0 Å². The van der Waals surface area contributed by atoms with Crippen LogP contribution < -0.4 is 10.6 Å². The lowest BCUT2D eigenvalue weighted by Crippen LogP contribution is -2.32. The van der Waals surface area contributed by atoms with Crippen molar-refractivity contribution in [3.05, 3.63) is 64.8 Å². The highest BCUT2D eigenvalue weighted by Crippen LogP contribution is 2.25. The first-order valence-electron chi connectivity index (χ1n) is 11.2. The van der Waals surface area contributed by atoms with Crippen LogP contribution in [0.5, 0.6) is 0 Å². The zero-order valence-electron chi connectivity index (χ0n) is 19.5. The first kappa shape index (κ1) is 23.3. The molecule has 1 unspecified atom stereocenters. The number of amides is 3. The first-order chi connectivity index (χ1) is 16.3. The normalized spacial score (nSPS) is 15.9. The fourth-order valence-corrected chi connectivity index (χ4v) is 4.37. The Morgan fingerprint density at radius 3 is 2.68 bits per heavy atom. The summed E-state index contributed by atoms with van der Waals surface area (Å²) in [5, 5.41) is 16.4. The van der Waals surface area contributed by atoms with Gasteiger partial charge in [0.1, 0.15) is 6.04 Å². The number of carbonyl (C=O) groups is 3. The average molecular weight is 464 g/mol. The molecule has 0 aliphatic carbocycles. The number of aromatic nitrogens is 1. The van der Waals surface area contributed by atoms with Crippen molar-refractivity contribution < 1.29 is 19.5 Å². The van der Waals surface area contributed by atoms with Crippen LogP contribution in [0.2, 0.25) is 0 Å². The van der Waals surface area contributed by atoms with Crippen molar-refractivity contribution in [3.8, 4) is 0 Å². The van der Waals surface area contributed by atoms with Crippen LogP contribution in [0.4, 0.5) is 10.5 Å². The van der Waals surface area contributed by atoms with Crippen LogP contribution in [0, 0.1) is 0 Å². The molecule has 34 heavy (non-hydrogen) atoms. The van der Waals surface area contributed by atoms with Gasteiger partial charge in [0, 0.05) is 42.8 Å². The van der Waals surface area contributed by atoms with Gasteiger partial charge in [0.15, 0.2) is 0 Å². The van der Waals surface area contributed by atoms with Crippen molar-refractivity contribution in [1.29, 1.82) is 0 Å². The fraction of sp³-hybridized carbons (Fsp3) is 0.320. The molecule has 1 atom stereocenters. The number of rotatable bonds is 9. The Balaban J connectivity index is 1.52. The highest BCUT2D eigenvalue weighted by molar-refractivity contribution is 6.04. The molecule has 3 amide bonds. The number of H-pyrrole nitrogens is 1. The number of urea groups is 1. The number of aromatic amines is 1. The number of carboxylic acid groups (broad SMARTS) is 1. The zero-order valence-corrected chi connectivity index (χ0v) is 19.5. The summed E-state index contributed by atoms with van der Waals surface area (Å²) in [5.41, 5.74) is 4.06. The van der Waals surface area contributed by atoms with E-state index in [0.29, 0.717) is 17.7 Å². The number of likely N-dealkylation sites (N-methyl/N-ethyl adjacent to an activating group) is 1. The van der Waals surface area contributed by atoms with E-state index in [2.05, 4.69) is 26.6 Å². The zero-order chi connectivity index (χ0) is 24.4. The first-order valence-corrected chi connectivity index (χ1v) is 11.2. The molecule has 0 saturated carbocycles. The minimum atomic E-state index is -1.12. The number of carboxylic acids is 1. The van der Waals surface area contributed by atoms with Gasteiger partial charge in [0.25, 0.3) is 5.91 Å². The lowest BCUT2D eigenvalue weighted by Gasteiger charge is -2.16. The number of hydrogen-bond acceptors (Lipinski definition) is 5. The largest absolute Gasteiger partial charge is 0.478 e. The lowest BCUT2D eigenvalue weighted by molar-refractivity contribution is -0.127. The third-order valence-corrected chi connectivity index (χ3v) is 6.17. The predicted octanol–water partition coefficient (Wildman–Crippen LogP) is 2.67. The highest BCUT2D eigenvalue weighted by atomic mass is 16.4. The Bertz CT molecular complexity index is 1250. The molecule has 1 aliphatic heterocycles. The molecule has 9 heteroatoms. The molecule has 0 radical (unpaired) electrons. The maximum atomic E-state index is 13.1. The average Bonchev–Trinajstić information content (AvgIpc) is 3.32. The number of benzene rings is 2. The van der Waals surface area contributed by atoms with Gasteiger partial charge in [-0.25, -0.2) is 9.59 Å². The topological polar surface area (TPSA) is 118 Å². The maximum Gasteiger partial charge on any atom is 0.338 e. The third-order valence-electron chi connectivity index (χ3n) is 6.17. The number of carbonyl (C=O) groups excluding carboxylic acids is 2. The second kappa shape index (κ2) is 9.56. The van der Waals surface area contributed by atoms with E-state index in [0.717, 1.165) is 34.3 Å². The predicted molar refractivity (Wildman–Crippen MR) is 130 cm³/mol. The summed E-state index contributed by atoms with van der Waals surface area (Å²) < 4.78 is 0. The summed E-state index contributed by atoms with van der Waals surface area (Å²) in [5.74, 6) is -1.48. The van der Waals surface area contributed by atoms with E-state index < -0.39 is 18.0 Å². The third kappa shape index (κ3) is 4.60. The number of hydrogen-bond donors (Lipinski definition) is 4. The molecule has 1 saturated heterocycles. The molecular formula is C25H29N5O4. The van der Waals surface area contributed by atoms with Gasteiger partial charge in [-0.1, -0.05) is 18.2 Å². The van der Waals surface area contributed by atoms with Crippen LogP contribution >= 0.6 is 0 Å². The molecule has 0 bridgehead atoms. The van der Waals surface area contributed by atoms with Gasteiger partial charge in [-0.05, 0) is 55.4 Å². The SMILES string of the molecule is CNc1cccc(CN2C(=O)NC(Cc3ccc4[nH]cc(CCN(C)C)c4c3)C2=O)c1C(=O)O. The molecule has 1 aliphatic rings. The van der Waals surface area contributed by atoms with Gasteiger partial charge < -0.3 is 25.6 Å². The second-order valence-electron chi connectivity index (χ2n) is 8.77. The summed E-state index contributed by atoms with van der Waals surface area (Å²) in [7, 11) is 5.70. The molecular weight excluding hydrogens is 434 g/mol. The molecule has 9 nitrogen and oxygen atoms in total.